The van der Waals surface area contributed by atoms with Crippen molar-refractivity contribution in [2.45, 2.75) is 27.2 Å². The lowest BCUT2D eigenvalue weighted by molar-refractivity contribution is 0.0493. The molecule has 0 bridgehead atoms. The van der Waals surface area contributed by atoms with E-state index in [9.17, 15) is 0 Å². The zero-order valence-electron chi connectivity index (χ0n) is 9.81. The molecule has 0 aromatic carbocycles. The predicted octanol–water partition coefficient (Wildman–Crippen LogP) is 2.94. The van der Waals surface area contributed by atoms with Crippen LogP contribution in [0.15, 0.2) is 0 Å². The van der Waals surface area contributed by atoms with Crippen molar-refractivity contribution in [1.82, 2.24) is 0 Å². The molecule has 0 radical (unpaired) electrons. The SMILES string of the molecule is COCCOCCC(C)(CCl)C(C)C. The first-order valence-corrected chi connectivity index (χ1v) is 5.73. The van der Waals surface area contributed by atoms with Crippen molar-refractivity contribution < 1.29 is 9.47 Å². The van der Waals surface area contributed by atoms with Crippen LogP contribution < -0.4 is 0 Å². The minimum atomic E-state index is 0.189. The molecular weight excluding hydrogens is 200 g/mol. The third-order valence-electron chi connectivity index (χ3n) is 2.95. The molecule has 0 N–H and O–H groups in total. The fourth-order valence-corrected chi connectivity index (χ4v) is 1.50. The van der Waals surface area contributed by atoms with Crippen molar-refractivity contribution in [2.75, 3.05) is 32.8 Å². The first-order chi connectivity index (χ1) is 6.56. The van der Waals surface area contributed by atoms with Crippen LogP contribution in [0.4, 0.5) is 0 Å². The lowest BCUT2D eigenvalue weighted by Crippen LogP contribution is -2.27. The van der Waals surface area contributed by atoms with E-state index in [1.807, 2.05) is 0 Å². The molecule has 0 fully saturated rings. The molecular formula is C11H23ClO2. The Bertz CT molecular complexity index is 139. The van der Waals surface area contributed by atoms with Gasteiger partial charge in [0.25, 0.3) is 0 Å². The second-order valence-corrected chi connectivity index (χ2v) is 4.56. The van der Waals surface area contributed by atoms with E-state index < -0.39 is 0 Å². The van der Waals surface area contributed by atoms with Gasteiger partial charge in [0.1, 0.15) is 0 Å². The Morgan fingerprint density at radius 2 is 1.86 bits per heavy atom. The molecule has 0 aliphatic rings. The average Bonchev–Trinajstić information content (AvgIpc) is 2.17. The number of alkyl halides is 1. The number of halogens is 1. The maximum atomic E-state index is 5.96. The summed E-state index contributed by atoms with van der Waals surface area (Å²) < 4.78 is 10.3. The third kappa shape index (κ3) is 5.18. The molecule has 0 spiro atoms. The Kier molecular flexibility index (Phi) is 7.61. The van der Waals surface area contributed by atoms with Crippen molar-refractivity contribution in [1.29, 1.82) is 0 Å². The van der Waals surface area contributed by atoms with E-state index in [4.69, 9.17) is 21.1 Å². The third-order valence-corrected chi connectivity index (χ3v) is 3.56. The van der Waals surface area contributed by atoms with Crippen LogP contribution in [-0.2, 0) is 9.47 Å². The Morgan fingerprint density at radius 1 is 1.21 bits per heavy atom. The van der Waals surface area contributed by atoms with Crippen LogP contribution in [0.25, 0.3) is 0 Å². The largest absolute Gasteiger partial charge is 0.382 e. The quantitative estimate of drug-likeness (QED) is 0.465. The zero-order valence-corrected chi connectivity index (χ0v) is 10.6. The molecule has 0 amide bonds. The number of hydrogen-bond donors (Lipinski definition) is 0. The zero-order chi connectivity index (χ0) is 11.0. The lowest BCUT2D eigenvalue weighted by atomic mass is 9.78. The van der Waals surface area contributed by atoms with E-state index in [-0.39, 0.29) is 5.41 Å². The highest BCUT2D eigenvalue weighted by Gasteiger charge is 2.26. The summed E-state index contributed by atoms with van der Waals surface area (Å²) in [7, 11) is 1.68. The van der Waals surface area contributed by atoms with E-state index in [2.05, 4.69) is 20.8 Å². The summed E-state index contributed by atoms with van der Waals surface area (Å²) in [5, 5.41) is 0. The fraction of sp³-hybridized carbons (Fsp3) is 1.00. The molecule has 14 heavy (non-hydrogen) atoms. The van der Waals surface area contributed by atoms with Gasteiger partial charge in [0, 0.05) is 19.6 Å². The minimum absolute atomic E-state index is 0.189. The van der Waals surface area contributed by atoms with Gasteiger partial charge in [-0.25, -0.2) is 0 Å². The van der Waals surface area contributed by atoms with Crippen LogP contribution in [0.5, 0.6) is 0 Å². The van der Waals surface area contributed by atoms with E-state index in [0.717, 1.165) is 13.0 Å². The normalized spacial score (nSPS) is 15.9. The number of ether oxygens (including phenoxy) is 2. The van der Waals surface area contributed by atoms with Gasteiger partial charge in [-0.3, -0.25) is 0 Å². The maximum absolute atomic E-state index is 5.96. The highest BCUT2D eigenvalue weighted by molar-refractivity contribution is 6.18. The molecule has 0 rings (SSSR count). The molecule has 0 saturated heterocycles. The van der Waals surface area contributed by atoms with Crippen LogP contribution in [0.3, 0.4) is 0 Å². The second kappa shape index (κ2) is 7.49. The van der Waals surface area contributed by atoms with Crippen molar-refractivity contribution >= 4 is 11.6 Å². The van der Waals surface area contributed by atoms with E-state index in [1.54, 1.807) is 7.11 Å². The molecule has 1 unspecified atom stereocenters. The summed E-state index contributed by atoms with van der Waals surface area (Å²) in [6.45, 7) is 8.73. The minimum Gasteiger partial charge on any atom is -0.382 e. The van der Waals surface area contributed by atoms with Gasteiger partial charge in [0.2, 0.25) is 0 Å². The monoisotopic (exact) mass is 222 g/mol. The molecule has 0 aromatic heterocycles. The van der Waals surface area contributed by atoms with Crippen LogP contribution in [-0.4, -0.2) is 32.8 Å². The van der Waals surface area contributed by atoms with E-state index in [0.29, 0.717) is 25.0 Å². The molecule has 3 heteroatoms. The number of methoxy groups -OCH3 is 1. The molecule has 0 aromatic rings. The predicted molar refractivity (Wildman–Crippen MR) is 61.0 cm³/mol. The van der Waals surface area contributed by atoms with Crippen LogP contribution in [0.1, 0.15) is 27.2 Å². The molecule has 1 atom stereocenters. The Balaban J connectivity index is 3.63. The van der Waals surface area contributed by atoms with Gasteiger partial charge in [-0.2, -0.15) is 0 Å². The van der Waals surface area contributed by atoms with Crippen LogP contribution in [0, 0.1) is 11.3 Å². The van der Waals surface area contributed by atoms with Gasteiger partial charge in [-0.15, -0.1) is 11.6 Å². The van der Waals surface area contributed by atoms with Gasteiger partial charge in [-0.1, -0.05) is 20.8 Å². The summed E-state index contributed by atoms with van der Waals surface area (Å²) >= 11 is 5.96. The molecule has 86 valence electrons. The van der Waals surface area contributed by atoms with E-state index in [1.165, 1.54) is 0 Å². The summed E-state index contributed by atoms with van der Waals surface area (Å²) in [6.07, 6.45) is 1.01. The van der Waals surface area contributed by atoms with Crippen molar-refractivity contribution in [2.24, 2.45) is 11.3 Å². The van der Waals surface area contributed by atoms with Gasteiger partial charge >= 0.3 is 0 Å². The van der Waals surface area contributed by atoms with Crippen molar-refractivity contribution in [3.8, 4) is 0 Å². The highest BCUT2D eigenvalue weighted by atomic mass is 35.5. The molecule has 0 aliphatic heterocycles. The van der Waals surface area contributed by atoms with Crippen LogP contribution in [0.2, 0.25) is 0 Å². The molecule has 2 nitrogen and oxygen atoms in total. The van der Waals surface area contributed by atoms with Gasteiger partial charge in [0.15, 0.2) is 0 Å². The maximum Gasteiger partial charge on any atom is 0.0700 e. The lowest BCUT2D eigenvalue weighted by Gasteiger charge is -2.31. The standard InChI is InChI=1S/C11H23ClO2/c1-10(2)11(3,9-12)5-6-14-8-7-13-4/h10H,5-9H2,1-4H3. The highest BCUT2D eigenvalue weighted by Crippen LogP contribution is 2.32. The van der Waals surface area contributed by atoms with Gasteiger partial charge in [0.05, 0.1) is 13.2 Å². The summed E-state index contributed by atoms with van der Waals surface area (Å²) in [4.78, 5) is 0. The molecule has 0 saturated carbocycles. The van der Waals surface area contributed by atoms with Crippen molar-refractivity contribution in [3.05, 3.63) is 0 Å². The number of rotatable bonds is 8. The Morgan fingerprint density at radius 3 is 2.29 bits per heavy atom. The van der Waals surface area contributed by atoms with Crippen LogP contribution >= 0.6 is 11.6 Å². The van der Waals surface area contributed by atoms with Gasteiger partial charge < -0.3 is 9.47 Å². The van der Waals surface area contributed by atoms with Crippen molar-refractivity contribution in [3.63, 3.8) is 0 Å². The number of hydrogen-bond acceptors (Lipinski definition) is 2. The Labute approximate surface area is 92.9 Å². The molecule has 0 heterocycles. The van der Waals surface area contributed by atoms with Gasteiger partial charge in [-0.05, 0) is 17.8 Å². The second-order valence-electron chi connectivity index (χ2n) is 4.30. The average molecular weight is 223 g/mol. The molecule has 0 aliphatic carbocycles. The first-order valence-electron chi connectivity index (χ1n) is 5.19. The topological polar surface area (TPSA) is 18.5 Å². The smallest absolute Gasteiger partial charge is 0.0700 e. The Hall–Kier alpha value is 0.210. The summed E-state index contributed by atoms with van der Waals surface area (Å²) in [5.74, 6) is 1.28. The summed E-state index contributed by atoms with van der Waals surface area (Å²) in [5.41, 5.74) is 0.189. The van der Waals surface area contributed by atoms with E-state index >= 15 is 0 Å². The summed E-state index contributed by atoms with van der Waals surface area (Å²) in [6, 6.07) is 0. The fourth-order valence-electron chi connectivity index (χ4n) is 1.06. The first kappa shape index (κ1) is 14.2.